The van der Waals surface area contributed by atoms with Crippen LogP contribution in [0.25, 0.3) is 28.0 Å². The molecule has 3 rings (SSSR count). The highest BCUT2D eigenvalue weighted by Crippen LogP contribution is 2.22. The molecule has 3 aromatic rings. The van der Waals surface area contributed by atoms with E-state index in [9.17, 15) is 15.0 Å². The minimum absolute atomic E-state index is 0.0458. The van der Waals surface area contributed by atoms with Crippen molar-refractivity contribution in [2.45, 2.75) is 44.6 Å². The van der Waals surface area contributed by atoms with E-state index in [1.807, 2.05) is 36.4 Å². The van der Waals surface area contributed by atoms with Gasteiger partial charge in [-0.2, -0.15) is 0 Å². The first-order valence-corrected chi connectivity index (χ1v) is 10.2. The van der Waals surface area contributed by atoms with Gasteiger partial charge in [0.25, 0.3) is 0 Å². The molecule has 0 spiro atoms. The molecule has 0 amide bonds. The van der Waals surface area contributed by atoms with Crippen molar-refractivity contribution >= 4 is 28.0 Å². The third-order valence-electron chi connectivity index (χ3n) is 5.33. The highest BCUT2D eigenvalue weighted by molar-refractivity contribution is 5.90. The first-order valence-electron chi connectivity index (χ1n) is 10.2. The summed E-state index contributed by atoms with van der Waals surface area (Å²) in [5.41, 5.74) is 7.90. The number of aryl methyl sites for hydroxylation is 1. The molecule has 0 unspecified atom stereocenters. The molecular weight excluding hydrogens is 366 g/mol. The Balaban J connectivity index is 1.91. The van der Waals surface area contributed by atoms with Crippen LogP contribution < -0.4 is 11.2 Å². The number of hydrogen-bond donors (Lipinski definition) is 3. The summed E-state index contributed by atoms with van der Waals surface area (Å²) in [6.45, 7) is 1.59. The molecule has 0 saturated carbocycles. The molecule has 0 bridgehead atoms. The minimum atomic E-state index is -1.01. The van der Waals surface area contributed by atoms with E-state index in [-0.39, 0.29) is 18.6 Å². The predicted molar refractivity (Wildman–Crippen MR) is 118 cm³/mol. The van der Waals surface area contributed by atoms with Crippen LogP contribution >= 0.6 is 0 Å². The van der Waals surface area contributed by atoms with E-state index < -0.39 is 5.54 Å². The number of rotatable bonds is 9. The topological polar surface area (TPSA) is 96.7 Å². The van der Waals surface area contributed by atoms with Crippen LogP contribution in [-0.4, -0.2) is 29.0 Å². The van der Waals surface area contributed by atoms with Gasteiger partial charge in [0.2, 0.25) is 5.43 Å². The summed E-state index contributed by atoms with van der Waals surface area (Å²) in [6, 6.07) is 11.1. The fraction of sp³-hybridized carbons (Fsp3) is 0.375. The molecule has 1 aromatic heterocycles. The third kappa shape index (κ3) is 4.93. The number of unbranched alkanes of at least 4 members (excludes halogenated alkanes) is 2. The average Bonchev–Trinajstić information content (AvgIpc) is 2.75. The number of benzene rings is 2. The van der Waals surface area contributed by atoms with Gasteiger partial charge in [0.05, 0.1) is 29.5 Å². The van der Waals surface area contributed by atoms with Crippen LogP contribution in [0.5, 0.6) is 0 Å². The Labute approximate surface area is 170 Å². The van der Waals surface area contributed by atoms with Crippen molar-refractivity contribution in [1.82, 2.24) is 0 Å². The zero-order valence-electron chi connectivity index (χ0n) is 16.9. The summed E-state index contributed by atoms with van der Waals surface area (Å²) in [7, 11) is 0. The minimum Gasteiger partial charge on any atom is -0.456 e. The third-order valence-corrected chi connectivity index (χ3v) is 5.33. The monoisotopic (exact) mass is 395 g/mol. The zero-order chi connectivity index (χ0) is 20.9. The number of aliphatic hydroxyl groups excluding tert-OH is 2. The SMILES string of the molecule is CCCC/C=C/c1ccc2oc3cc(CCC(N)(CO)CO)ccc3c(=O)c2c1. The van der Waals surface area contributed by atoms with Crippen LogP contribution in [0.3, 0.4) is 0 Å². The smallest absolute Gasteiger partial charge is 0.200 e. The average molecular weight is 395 g/mol. The van der Waals surface area contributed by atoms with Crippen molar-refractivity contribution in [3.8, 4) is 0 Å². The number of fused-ring (bicyclic) bond motifs is 2. The van der Waals surface area contributed by atoms with Gasteiger partial charge in [-0.3, -0.25) is 4.79 Å². The Kier molecular flexibility index (Phi) is 6.85. The van der Waals surface area contributed by atoms with Crippen LogP contribution in [0, 0.1) is 0 Å². The fourth-order valence-electron chi connectivity index (χ4n) is 3.32. The van der Waals surface area contributed by atoms with E-state index in [0.717, 1.165) is 30.4 Å². The molecule has 4 N–H and O–H groups in total. The van der Waals surface area contributed by atoms with E-state index in [4.69, 9.17) is 10.2 Å². The number of nitrogens with two attached hydrogens (primary N) is 1. The highest BCUT2D eigenvalue weighted by atomic mass is 16.3. The maximum absolute atomic E-state index is 13.0. The lowest BCUT2D eigenvalue weighted by Gasteiger charge is -2.24. The Morgan fingerprint density at radius 2 is 1.86 bits per heavy atom. The zero-order valence-corrected chi connectivity index (χ0v) is 16.9. The molecule has 0 aliphatic heterocycles. The number of hydrogen-bond acceptors (Lipinski definition) is 5. The summed E-state index contributed by atoms with van der Waals surface area (Å²) >= 11 is 0. The maximum atomic E-state index is 13.0. The van der Waals surface area contributed by atoms with Gasteiger partial charge in [0.15, 0.2) is 0 Å². The summed E-state index contributed by atoms with van der Waals surface area (Å²) in [5, 5.41) is 19.8. The Morgan fingerprint density at radius 1 is 1.07 bits per heavy atom. The van der Waals surface area contributed by atoms with Crippen molar-refractivity contribution in [1.29, 1.82) is 0 Å². The molecular formula is C24H29NO4. The lowest BCUT2D eigenvalue weighted by atomic mass is 9.93. The van der Waals surface area contributed by atoms with E-state index in [1.165, 1.54) is 0 Å². The molecule has 154 valence electrons. The normalized spacial score (nSPS) is 12.4. The van der Waals surface area contributed by atoms with Crippen molar-refractivity contribution in [2.24, 2.45) is 5.73 Å². The second-order valence-electron chi connectivity index (χ2n) is 7.74. The van der Waals surface area contributed by atoms with Crippen molar-refractivity contribution in [2.75, 3.05) is 13.2 Å². The molecule has 0 atom stereocenters. The molecule has 0 aliphatic rings. The molecule has 2 aromatic carbocycles. The molecule has 0 radical (unpaired) electrons. The summed E-state index contributed by atoms with van der Waals surface area (Å²) in [6.07, 6.45) is 8.51. The van der Waals surface area contributed by atoms with Crippen LogP contribution in [0.15, 0.2) is 51.7 Å². The van der Waals surface area contributed by atoms with E-state index in [0.29, 0.717) is 34.8 Å². The van der Waals surface area contributed by atoms with Gasteiger partial charge in [-0.05, 0) is 54.7 Å². The van der Waals surface area contributed by atoms with Crippen LogP contribution in [0.1, 0.15) is 43.7 Å². The second kappa shape index (κ2) is 9.35. The van der Waals surface area contributed by atoms with Gasteiger partial charge < -0.3 is 20.4 Å². The van der Waals surface area contributed by atoms with Gasteiger partial charge in [0.1, 0.15) is 11.2 Å². The molecule has 1 heterocycles. The second-order valence-corrected chi connectivity index (χ2v) is 7.74. The first kappa shape index (κ1) is 21.2. The van der Waals surface area contributed by atoms with Gasteiger partial charge in [-0.15, -0.1) is 0 Å². The molecule has 0 aliphatic carbocycles. The number of aliphatic hydroxyl groups is 2. The maximum Gasteiger partial charge on any atom is 0.200 e. The molecule has 5 nitrogen and oxygen atoms in total. The lowest BCUT2D eigenvalue weighted by molar-refractivity contribution is 0.115. The lowest BCUT2D eigenvalue weighted by Crippen LogP contribution is -2.47. The van der Waals surface area contributed by atoms with Gasteiger partial charge >= 0.3 is 0 Å². The van der Waals surface area contributed by atoms with Gasteiger partial charge in [0, 0.05) is 0 Å². The van der Waals surface area contributed by atoms with E-state index >= 15 is 0 Å². The Hall–Kier alpha value is -2.47. The summed E-state index contributed by atoms with van der Waals surface area (Å²) in [5.74, 6) is 0. The molecule has 0 fully saturated rings. The Bertz CT molecular complexity index is 1060. The largest absolute Gasteiger partial charge is 0.456 e. The van der Waals surface area contributed by atoms with Crippen LogP contribution in [0.2, 0.25) is 0 Å². The molecule has 5 heteroatoms. The quantitative estimate of drug-likeness (QED) is 0.379. The number of allylic oxidation sites excluding steroid dienone is 1. The summed E-state index contributed by atoms with van der Waals surface area (Å²) in [4.78, 5) is 13.0. The molecule has 29 heavy (non-hydrogen) atoms. The van der Waals surface area contributed by atoms with E-state index in [2.05, 4.69) is 13.0 Å². The standard InChI is InChI=1S/C24H29NO4/c1-2-3-4-5-6-17-8-10-21-20(13-17)23(28)19-9-7-18(14-22(19)29-21)11-12-24(25,15-26)16-27/h5-10,13-14,26-27H,2-4,11-12,15-16,25H2,1H3/b6-5+. The van der Waals surface area contributed by atoms with Crippen molar-refractivity contribution in [3.63, 3.8) is 0 Å². The molecule has 0 saturated heterocycles. The van der Waals surface area contributed by atoms with Crippen LogP contribution in [-0.2, 0) is 6.42 Å². The highest BCUT2D eigenvalue weighted by Gasteiger charge is 2.22. The van der Waals surface area contributed by atoms with E-state index in [1.54, 1.807) is 6.07 Å². The predicted octanol–water partition coefficient (Wildman–Crippen LogP) is 3.76. The first-order chi connectivity index (χ1) is 14.0. The van der Waals surface area contributed by atoms with Gasteiger partial charge in [-0.1, -0.05) is 44.1 Å². The fourth-order valence-corrected chi connectivity index (χ4v) is 3.32. The summed E-state index contributed by atoms with van der Waals surface area (Å²) < 4.78 is 6.00. The van der Waals surface area contributed by atoms with Crippen molar-refractivity contribution in [3.05, 3.63) is 63.8 Å². The van der Waals surface area contributed by atoms with Crippen LogP contribution in [0.4, 0.5) is 0 Å². The Morgan fingerprint density at radius 3 is 2.59 bits per heavy atom. The van der Waals surface area contributed by atoms with Crippen molar-refractivity contribution < 1.29 is 14.6 Å². The van der Waals surface area contributed by atoms with Gasteiger partial charge in [-0.25, -0.2) is 0 Å².